The maximum Gasteiger partial charge on any atom is 0.263 e. The molecule has 0 fully saturated rings. The normalized spacial score (nSPS) is 12.0. The lowest BCUT2D eigenvalue weighted by molar-refractivity contribution is -0.138. The lowest BCUT2D eigenvalue weighted by Gasteiger charge is -2.24. The third kappa shape index (κ3) is 5.01. The predicted molar refractivity (Wildman–Crippen MR) is 115 cm³/mol. The fourth-order valence-corrected chi connectivity index (χ4v) is 3.45. The average molecular weight is 455 g/mol. The van der Waals surface area contributed by atoms with Gasteiger partial charge in [-0.15, -0.1) is 0 Å². The lowest BCUT2D eigenvalue weighted by atomic mass is 10.2. The van der Waals surface area contributed by atoms with E-state index in [9.17, 15) is 9.59 Å². The Labute approximate surface area is 182 Å². The first-order valence-corrected chi connectivity index (χ1v) is 10.0. The van der Waals surface area contributed by atoms with Crippen LogP contribution in [0.3, 0.4) is 0 Å². The number of likely N-dealkylation sites (N-methyl/N-ethyl adjacent to an activating group) is 1. The van der Waals surface area contributed by atoms with Gasteiger partial charge in [-0.25, -0.2) is 4.98 Å². The smallest absolute Gasteiger partial charge is 0.263 e. The first-order chi connectivity index (χ1) is 13.8. The van der Waals surface area contributed by atoms with Crippen molar-refractivity contribution >= 4 is 51.6 Å². The van der Waals surface area contributed by atoms with E-state index in [0.717, 1.165) is 0 Å². The van der Waals surface area contributed by atoms with Crippen molar-refractivity contribution in [1.29, 1.82) is 0 Å². The van der Waals surface area contributed by atoms with Gasteiger partial charge in [0.05, 0.1) is 22.5 Å². The van der Waals surface area contributed by atoms with Crippen LogP contribution >= 0.6 is 34.8 Å². The summed E-state index contributed by atoms with van der Waals surface area (Å²) < 4.78 is 5.70. The van der Waals surface area contributed by atoms with Crippen molar-refractivity contribution in [2.45, 2.75) is 26.5 Å². The molecule has 0 saturated heterocycles. The van der Waals surface area contributed by atoms with Crippen molar-refractivity contribution in [1.82, 2.24) is 14.9 Å². The van der Waals surface area contributed by atoms with Crippen molar-refractivity contribution in [3.05, 3.63) is 67.6 Å². The Morgan fingerprint density at radius 2 is 1.86 bits per heavy atom. The van der Waals surface area contributed by atoms with Crippen LogP contribution in [0.25, 0.3) is 10.9 Å². The molecule has 9 heteroatoms. The maximum atomic E-state index is 12.9. The van der Waals surface area contributed by atoms with Crippen molar-refractivity contribution < 1.29 is 9.53 Å². The number of fused-ring (bicyclic) bond motifs is 1. The van der Waals surface area contributed by atoms with Crippen molar-refractivity contribution in [2.24, 2.45) is 0 Å². The summed E-state index contributed by atoms with van der Waals surface area (Å²) in [4.78, 5) is 33.8. The van der Waals surface area contributed by atoms with E-state index in [1.165, 1.54) is 4.90 Å². The number of carbonyl (C=O) groups is 1. The van der Waals surface area contributed by atoms with Crippen LogP contribution in [0, 0.1) is 0 Å². The van der Waals surface area contributed by atoms with E-state index in [1.807, 2.05) is 6.92 Å². The number of aromatic amines is 1. The van der Waals surface area contributed by atoms with E-state index in [1.54, 1.807) is 43.3 Å². The quantitative estimate of drug-likeness (QED) is 0.586. The minimum atomic E-state index is -0.796. The molecule has 0 radical (unpaired) electrons. The van der Waals surface area contributed by atoms with Gasteiger partial charge in [0.25, 0.3) is 11.5 Å². The van der Waals surface area contributed by atoms with Crippen LogP contribution in [0.1, 0.15) is 19.7 Å². The summed E-state index contributed by atoms with van der Waals surface area (Å²) in [5.41, 5.74) is 0.180. The van der Waals surface area contributed by atoms with E-state index >= 15 is 0 Å². The lowest BCUT2D eigenvalue weighted by Crippen LogP contribution is -2.40. The van der Waals surface area contributed by atoms with Gasteiger partial charge in [-0.1, -0.05) is 34.8 Å². The topological polar surface area (TPSA) is 75.3 Å². The number of benzene rings is 2. The van der Waals surface area contributed by atoms with Gasteiger partial charge in [0.2, 0.25) is 0 Å². The zero-order chi connectivity index (χ0) is 21.1. The molecule has 3 aromatic rings. The molecule has 1 amide bonds. The zero-order valence-electron chi connectivity index (χ0n) is 15.7. The van der Waals surface area contributed by atoms with Gasteiger partial charge in [-0.05, 0) is 50.2 Å². The maximum absolute atomic E-state index is 12.9. The first kappa shape index (κ1) is 21.4. The Bertz CT molecular complexity index is 1120. The Balaban J connectivity index is 1.79. The second kappa shape index (κ2) is 9.03. The molecule has 0 spiro atoms. The highest BCUT2D eigenvalue weighted by molar-refractivity contribution is 6.35. The van der Waals surface area contributed by atoms with Gasteiger partial charge in [0.15, 0.2) is 6.10 Å². The fraction of sp³-hybridized carbons (Fsp3) is 0.250. The summed E-state index contributed by atoms with van der Waals surface area (Å²) in [7, 11) is 0. The molecule has 1 aromatic heterocycles. The van der Waals surface area contributed by atoms with Crippen molar-refractivity contribution in [3.8, 4) is 5.75 Å². The number of rotatable bonds is 6. The largest absolute Gasteiger partial charge is 0.479 e. The molecule has 1 atom stereocenters. The van der Waals surface area contributed by atoms with E-state index in [4.69, 9.17) is 39.5 Å². The average Bonchev–Trinajstić information content (AvgIpc) is 2.67. The molecule has 3 rings (SSSR count). The summed E-state index contributed by atoms with van der Waals surface area (Å²) in [6.45, 7) is 3.98. The fourth-order valence-electron chi connectivity index (χ4n) is 2.83. The monoisotopic (exact) mass is 453 g/mol. The summed E-state index contributed by atoms with van der Waals surface area (Å²) in [6, 6.07) is 9.64. The molecule has 152 valence electrons. The van der Waals surface area contributed by atoms with Gasteiger partial charge in [0.1, 0.15) is 11.6 Å². The second-order valence-corrected chi connectivity index (χ2v) is 7.64. The van der Waals surface area contributed by atoms with E-state index in [2.05, 4.69) is 9.97 Å². The summed E-state index contributed by atoms with van der Waals surface area (Å²) in [5, 5.41) is 1.70. The standard InChI is InChI=1S/C20H18Cl3N3O3/c1-3-26(20(28)11(2)29-17-7-5-12(21)8-15(17)23)10-18-24-16-9-13(22)4-6-14(16)19(27)25-18/h4-9,11H,3,10H2,1-2H3,(H,24,25,27)/t11-/m1/s1. The number of aromatic nitrogens is 2. The zero-order valence-corrected chi connectivity index (χ0v) is 18.0. The summed E-state index contributed by atoms with van der Waals surface area (Å²) in [5.74, 6) is 0.448. The third-order valence-electron chi connectivity index (χ3n) is 4.30. The molecule has 29 heavy (non-hydrogen) atoms. The Kier molecular flexibility index (Phi) is 6.67. The number of amides is 1. The van der Waals surface area contributed by atoms with Crippen LogP contribution < -0.4 is 10.3 Å². The SMILES string of the molecule is CCN(Cc1nc2cc(Cl)ccc2c(=O)[nH]1)C(=O)[C@@H](C)Oc1ccc(Cl)cc1Cl. The van der Waals surface area contributed by atoms with Gasteiger partial charge in [0, 0.05) is 16.6 Å². The highest BCUT2D eigenvalue weighted by atomic mass is 35.5. The molecule has 0 bridgehead atoms. The van der Waals surface area contributed by atoms with E-state index in [0.29, 0.717) is 44.1 Å². The van der Waals surface area contributed by atoms with Crippen LogP contribution in [-0.4, -0.2) is 33.4 Å². The highest BCUT2D eigenvalue weighted by Gasteiger charge is 2.23. The molecule has 1 N–H and O–H groups in total. The molecule has 0 saturated carbocycles. The molecule has 0 aliphatic rings. The molecular weight excluding hydrogens is 437 g/mol. The Morgan fingerprint density at radius 1 is 1.17 bits per heavy atom. The molecule has 0 aliphatic carbocycles. The molecule has 0 aliphatic heterocycles. The predicted octanol–water partition coefficient (Wildman–Crippen LogP) is 4.70. The minimum absolute atomic E-state index is 0.120. The Hall–Kier alpha value is -2.28. The molecular formula is C20H18Cl3N3O3. The van der Waals surface area contributed by atoms with Gasteiger partial charge in [-0.3, -0.25) is 9.59 Å². The van der Waals surface area contributed by atoms with Crippen LogP contribution in [0.2, 0.25) is 15.1 Å². The number of H-pyrrole nitrogens is 1. The number of hydrogen-bond acceptors (Lipinski definition) is 4. The summed E-state index contributed by atoms with van der Waals surface area (Å²) in [6.07, 6.45) is -0.796. The number of nitrogens with zero attached hydrogens (tertiary/aromatic N) is 2. The molecule has 1 heterocycles. The van der Waals surface area contributed by atoms with Crippen LogP contribution in [0.15, 0.2) is 41.2 Å². The molecule has 6 nitrogen and oxygen atoms in total. The van der Waals surface area contributed by atoms with Crippen molar-refractivity contribution in [3.63, 3.8) is 0 Å². The molecule has 0 unspecified atom stereocenters. The van der Waals surface area contributed by atoms with Crippen LogP contribution in [-0.2, 0) is 11.3 Å². The summed E-state index contributed by atoms with van der Waals surface area (Å²) >= 11 is 18.0. The number of hydrogen-bond donors (Lipinski definition) is 1. The molecule has 2 aromatic carbocycles. The number of halogens is 3. The number of carbonyl (C=O) groups excluding carboxylic acids is 1. The van der Waals surface area contributed by atoms with Crippen LogP contribution in [0.5, 0.6) is 5.75 Å². The first-order valence-electron chi connectivity index (χ1n) is 8.87. The van der Waals surface area contributed by atoms with E-state index < -0.39 is 6.10 Å². The van der Waals surface area contributed by atoms with Crippen molar-refractivity contribution in [2.75, 3.05) is 6.54 Å². The minimum Gasteiger partial charge on any atom is -0.479 e. The second-order valence-electron chi connectivity index (χ2n) is 6.36. The van der Waals surface area contributed by atoms with E-state index in [-0.39, 0.29) is 18.0 Å². The third-order valence-corrected chi connectivity index (χ3v) is 5.06. The number of ether oxygens (including phenoxy) is 1. The van der Waals surface area contributed by atoms with Gasteiger partial charge >= 0.3 is 0 Å². The highest BCUT2D eigenvalue weighted by Crippen LogP contribution is 2.28. The van der Waals surface area contributed by atoms with Gasteiger partial charge < -0.3 is 14.6 Å². The van der Waals surface area contributed by atoms with Gasteiger partial charge in [-0.2, -0.15) is 0 Å². The Morgan fingerprint density at radius 3 is 2.55 bits per heavy atom. The van der Waals surface area contributed by atoms with Crippen LogP contribution in [0.4, 0.5) is 0 Å². The number of nitrogens with one attached hydrogen (secondary N) is 1.